The number of thiophene rings is 1. The molecule has 10 rings (SSSR count). The Bertz CT molecular complexity index is 3320. The van der Waals surface area contributed by atoms with Gasteiger partial charge in [-0.25, -0.2) is 4.39 Å². The van der Waals surface area contributed by atoms with Crippen LogP contribution in [0.25, 0.3) is 38.9 Å². The summed E-state index contributed by atoms with van der Waals surface area (Å²) >= 11 is 1.98. The molecule has 0 saturated heterocycles. The molecular weight excluding hydrogens is 901 g/mol. The van der Waals surface area contributed by atoms with E-state index >= 15 is 4.39 Å². The summed E-state index contributed by atoms with van der Waals surface area (Å²) in [7, 11) is 2.68. The van der Waals surface area contributed by atoms with Crippen molar-refractivity contribution in [1.82, 2.24) is 0 Å². The third kappa shape index (κ3) is 9.54. The van der Waals surface area contributed by atoms with Crippen LogP contribution in [0.15, 0.2) is 196 Å². The van der Waals surface area contributed by atoms with E-state index in [0.717, 1.165) is 55.6 Å². The Morgan fingerprint density at radius 2 is 1.32 bits per heavy atom. The van der Waals surface area contributed by atoms with Crippen molar-refractivity contribution in [3.05, 3.63) is 273 Å². The molecule has 2 aliphatic rings. The first-order chi connectivity index (χ1) is 34.3. The molecule has 0 saturated carbocycles. The van der Waals surface area contributed by atoms with Gasteiger partial charge in [-0.2, -0.15) is 0 Å². The molecule has 356 valence electrons. The first-order valence-corrected chi connectivity index (χ1v) is 25.9. The molecule has 1 heterocycles. The lowest BCUT2D eigenvalue weighted by Gasteiger charge is -2.36. The van der Waals surface area contributed by atoms with E-state index in [1.54, 1.807) is 41.2 Å². The van der Waals surface area contributed by atoms with Gasteiger partial charge in [-0.15, -0.1) is 20.6 Å². The van der Waals surface area contributed by atoms with Crippen molar-refractivity contribution >= 4 is 65.1 Å². The molecule has 71 heavy (non-hydrogen) atoms. The fourth-order valence-corrected chi connectivity index (χ4v) is 12.0. The van der Waals surface area contributed by atoms with Crippen LogP contribution in [0.4, 0.5) is 15.8 Å². The molecule has 0 bridgehead atoms. The quantitative estimate of drug-likeness (QED) is 0.0975. The Balaban J connectivity index is 0.000000218. The van der Waals surface area contributed by atoms with E-state index in [0.29, 0.717) is 17.2 Å². The molecular formula is C67H65FNPS. The van der Waals surface area contributed by atoms with Crippen molar-refractivity contribution in [2.75, 3.05) is 4.90 Å². The minimum atomic E-state index is -0.641. The van der Waals surface area contributed by atoms with Gasteiger partial charge in [-0.1, -0.05) is 191 Å². The molecule has 0 aliphatic heterocycles. The number of nitrogens with zero attached hydrogens (tertiary/aromatic N) is 1. The molecule has 1 unspecified atom stereocenters. The lowest BCUT2D eigenvalue weighted by Crippen LogP contribution is -2.29. The molecule has 7 aromatic carbocycles. The Labute approximate surface area is 429 Å². The highest BCUT2D eigenvalue weighted by molar-refractivity contribution is 7.27. The molecule has 0 N–H and O–H groups in total. The Kier molecular flexibility index (Phi) is 15.4. The highest BCUT2D eigenvalue weighted by atomic mass is 32.1. The van der Waals surface area contributed by atoms with Crippen molar-refractivity contribution in [2.45, 2.75) is 66.7 Å². The number of rotatable bonds is 10. The highest BCUT2D eigenvalue weighted by Crippen LogP contribution is 2.59. The van der Waals surface area contributed by atoms with Crippen LogP contribution in [-0.2, 0) is 11.8 Å². The van der Waals surface area contributed by atoms with Crippen LogP contribution in [0.5, 0.6) is 0 Å². The standard InChI is InChI=1S/C43H37FNP.C15H16S.C9H12/c1-7-17-32(8-2)45(33-25-39(44)29(6)41(46)26-33)40-27-38-42(35(10-4)34(40)9-3)36-23-22-28(5)24-37(36)43(38,30-18-13-11-14-19-30)31-20-15-12-16-21-31;1-10(2)11-7-5-9-14-15(11)12-6-3-4-8-13(12)16-14;1-7-4-5-8(2)9(3)6-7/h7-27H,1-4,46H2,5-6H3;3-4,6-8,10H,5,9H2,1-2H3;4-6H,1-3H3/b32-17+;;. The number of hydrogen-bond donors (Lipinski definition) is 0. The summed E-state index contributed by atoms with van der Waals surface area (Å²) in [6.45, 7) is 31.7. The number of allylic oxidation sites excluding steroid dienone is 5. The SMILES string of the molecule is C=C/C=C(\C=C)N(c1cc(F)c(C)c(P)c1)c1cc2c(c(C=C)c1C=C)-c1ccc(C)cc1C2(c1ccccc1)c1ccccc1.CC(C)C1=CCCc2sc3ccccc3c21.Cc1ccc(C)c(C)c1. The van der Waals surface area contributed by atoms with Crippen LogP contribution < -0.4 is 10.2 Å². The van der Waals surface area contributed by atoms with Gasteiger partial charge in [0.25, 0.3) is 0 Å². The van der Waals surface area contributed by atoms with E-state index in [4.69, 9.17) is 0 Å². The number of benzene rings is 7. The second-order valence-corrected chi connectivity index (χ2v) is 20.7. The molecule has 0 spiro atoms. The molecule has 0 radical (unpaired) electrons. The van der Waals surface area contributed by atoms with Crippen molar-refractivity contribution < 1.29 is 4.39 Å². The zero-order chi connectivity index (χ0) is 50.6. The molecule has 0 amide bonds. The van der Waals surface area contributed by atoms with Crippen LogP contribution in [0.1, 0.15) is 91.9 Å². The minimum absolute atomic E-state index is 0.287. The average Bonchev–Trinajstić information content (AvgIpc) is 3.90. The molecule has 8 aromatic rings. The molecule has 4 heteroatoms. The first kappa shape index (κ1) is 50.5. The largest absolute Gasteiger partial charge is 0.310 e. The zero-order valence-corrected chi connectivity index (χ0v) is 44.3. The van der Waals surface area contributed by atoms with Crippen LogP contribution >= 0.6 is 20.6 Å². The molecule has 1 nitrogen and oxygen atoms in total. The van der Waals surface area contributed by atoms with Crippen LogP contribution in [0.2, 0.25) is 0 Å². The lowest BCUT2D eigenvalue weighted by molar-refractivity contribution is 0.620. The number of hydrogen-bond acceptors (Lipinski definition) is 2. The summed E-state index contributed by atoms with van der Waals surface area (Å²) in [6.07, 6.45) is 14.1. The molecule has 1 atom stereocenters. The van der Waals surface area contributed by atoms with E-state index < -0.39 is 5.41 Å². The van der Waals surface area contributed by atoms with Crippen LogP contribution in [0.3, 0.4) is 0 Å². The third-order valence-corrected chi connectivity index (χ3v) is 15.9. The fourth-order valence-electron chi connectivity index (χ4n) is 10.5. The third-order valence-electron chi connectivity index (χ3n) is 14.1. The van der Waals surface area contributed by atoms with E-state index in [-0.39, 0.29) is 5.82 Å². The smallest absolute Gasteiger partial charge is 0.128 e. The van der Waals surface area contributed by atoms with Crippen LogP contribution in [0, 0.1) is 46.4 Å². The molecule has 0 fully saturated rings. The van der Waals surface area contributed by atoms with Gasteiger partial charge in [-0.3, -0.25) is 0 Å². The summed E-state index contributed by atoms with van der Waals surface area (Å²) in [5, 5.41) is 2.24. The Morgan fingerprint density at radius 1 is 0.690 bits per heavy atom. The fraction of sp³-hybridized carbons (Fsp3) is 0.164. The topological polar surface area (TPSA) is 3.24 Å². The number of halogens is 1. The lowest BCUT2D eigenvalue weighted by atomic mass is 9.67. The maximum Gasteiger partial charge on any atom is 0.128 e. The highest BCUT2D eigenvalue weighted by Gasteiger charge is 2.48. The summed E-state index contributed by atoms with van der Waals surface area (Å²) in [4.78, 5) is 3.64. The summed E-state index contributed by atoms with van der Waals surface area (Å²) in [5.41, 5.74) is 19.3. The Morgan fingerprint density at radius 3 is 1.92 bits per heavy atom. The van der Waals surface area contributed by atoms with E-state index in [1.165, 1.54) is 50.7 Å². The van der Waals surface area contributed by atoms with Crippen molar-refractivity contribution in [1.29, 1.82) is 0 Å². The van der Waals surface area contributed by atoms with Crippen molar-refractivity contribution in [2.24, 2.45) is 5.92 Å². The van der Waals surface area contributed by atoms with E-state index in [9.17, 15) is 0 Å². The number of aryl methyl sites for hydroxylation is 5. The van der Waals surface area contributed by atoms with Gasteiger partial charge < -0.3 is 4.90 Å². The normalized spacial score (nSPS) is 13.1. The van der Waals surface area contributed by atoms with Gasteiger partial charge in [0.2, 0.25) is 0 Å². The van der Waals surface area contributed by atoms with Gasteiger partial charge in [0.05, 0.1) is 11.1 Å². The zero-order valence-electron chi connectivity index (χ0n) is 42.4. The van der Waals surface area contributed by atoms with Crippen molar-refractivity contribution in [3.63, 3.8) is 0 Å². The second kappa shape index (κ2) is 21.6. The van der Waals surface area contributed by atoms with Gasteiger partial charge in [0.15, 0.2) is 0 Å². The summed E-state index contributed by atoms with van der Waals surface area (Å²) in [5.74, 6) is 0.350. The van der Waals surface area contributed by atoms with Gasteiger partial charge in [0, 0.05) is 31.9 Å². The second-order valence-electron chi connectivity index (χ2n) is 18.9. The predicted octanol–water partition coefficient (Wildman–Crippen LogP) is 18.5. The van der Waals surface area contributed by atoms with Gasteiger partial charge in [0.1, 0.15) is 5.82 Å². The first-order valence-electron chi connectivity index (χ1n) is 24.5. The maximum absolute atomic E-state index is 15.5. The summed E-state index contributed by atoms with van der Waals surface area (Å²) in [6, 6.07) is 49.2. The van der Waals surface area contributed by atoms with E-state index in [2.05, 4.69) is 211 Å². The number of fused-ring (bicyclic) bond motifs is 6. The van der Waals surface area contributed by atoms with Gasteiger partial charge in [-0.05, 0) is 162 Å². The predicted molar refractivity (Wildman–Crippen MR) is 313 cm³/mol. The van der Waals surface area contributed by atoms with Crippen molar-refractivity contribution in [3.8, 4) is 11.1 Å². The Hall–Kier alpha value is -6.90. The average molecular weight is 966 g/mol. The summed E-state index contributed by atoms with van der Waals surface area (Å²) < 4.78 is 16.9. The minimum Gasteiger partial charge on any atom is -0.310 e. The van der Waals surface area contributed by atoms with E-state index in [1.807, 2.05) is 40.5 Å². The monoisotopic (exact) mass is 965 g/mol. The molecule has 2 aliphatic carbocycles. The van der Waals surface area contributed by atoms with Gasteiger partial charge >= 0.3 is 0 Å². The maximum atomic E-state index is 15.5. The number of anilines is 2. The van der Waals surface area contributed by atoms with Crippen LogP contribution in [-0.4, -0.2) is 0 Å². The molecule has 1 aromatic heterocycles.